The number of amides is 1. The number of hydrogen-bond donors (Lipinski definition) is 1. The van der Waals surface area contributed by atoms with Crippen LogP contribution in [0.25, 0.3) is 10.9 Å². The molecular weight excluding hydrogens is 592 g/mol. The number of carbonyl (C=O) groups excluding carboxylic acids is 1. The molecule has 45 heavy (non-hydrogen) atoms. The molecule has 0 radical (unpaired) electrons. The van der Waals surface area contributed by atoms with Crippen molar-refractivity contribution in [3.05, 3.63) is 89.4 Å². The van der Waals surface area contributed by atoms with E-state index in [1.165, 1.54) is 43.3 Å². The highest BCUT2D eigenvalue weighted by atomic mass is 19.4. The third-order valence-corrected chi connectivity index (χ3v) is 7.28. The standard InChI is InChI=1S/C33H32F4N4O4/c1-43-30-19-25-27(20-31(30)44-16-4-15-41-13-2-3-14-41)38-12-11-28(25)45-29-10-7-23(17-26(29)34)18-32(42)40-39-21-22-5-8-24(9-6-22)33(35,36)37/h5-12,17,19-21H,2-4,13-16,18H2,1H3,(H,40,42). The number of likely N-dealkylation sites (tertiary alicyclic amines) is 1. The molecule has 236 valence electrons. The van der Waals surface area contributed by atoms with Crippen LogP contribution in [0.1, 0.15) is 36.0 Å². The summed E-state index contributed by atoms with van der Waals surface area (Å²) < 4.78 is 70.6. The Morgan fingerprint density at radius 2 is 1.78 bits per heavy atom. The molecule has 0 saturated carbocycles. The lowest BCUT2D eigenvalue weighted by Crippen LogP contribution is -2.21. The van der Waals surface area contributed by atoms with E-state index in [1.807, 2.05) is 0 Å². The number of nitrogens with zero attached hydrogens (tertiary/aromatic N) is 3. The first-order valence-electron chi connectivity index (χ1n) is 14.5. The first-order chi connectivity index (χ1) is 21.7. The highest BCUT2D eigenvalue weighted by Gasteiger charge is 2.29. The molecule has 0 atom stereocenters. The van der Waals surface area contributed by atoms with Gasteiger partial charge in [0.05, 0.1) is 37.4 Å². The van der Waals surface area contributed by atoms with E-state index in [-0.39, 0.29) is 12.2 Å². The van der Waals surface area contributed by atoms with Gasteiger partial charge in [-0.25, -0.2) is 9.82 Å². The van der Waals surface area contributed by atoms with Crippen molar-refractivity contribution in [1.29, 1.82) is 0 Å². The number of methoxy groups -OCH3 is 1. The molecule has 8 nitrogen and oxygen atoms in total. The lowest BCUT2D eigenvalue weighted by atomic mass is 10.1. The van der Waals surface area contributed by atoms with E-state index in [9.17, 15) is 18.0 Å². The molecule has 12 heteroatoms. The second-order valence-electron chi connectivity index (χ2n) is 10.5. The quantitative estimate of drug-likeness (QED) is 0.0813. The van der Waals surface area contributed by atoms with Crippen molar-refractivity contribution in [3.8, 4) is 23.0 Å². The van der Waals surface area contributed by atoms with Gasteiger partial charge in [0, 0.05) is 24.2 Å². The Morgan fingerprint density at radius 1 is 1.00 bits per heavy atom. The number of aromatic nitrogens is 1. The molecule has 1 aliphatic rings. The molecule has 0 unspecified atom stereocenters. The summed E-state index contributed by atoms with van der Waals surface area (Å²) in [6.07, 6.45) is 1.54. The summed E-state index contributed by atoms with van der Waals surface area (Å²) in [5, 5.41) is 4.36. The van der Waals surface area contributed by atoms with Crippen molar-refractivity contribution in [3.63, 3.8) is 0 Å². The number of alkyl halides is 3. The van der Waals surface area contributed by atoms with Crippen LogP contribution >= 0.6 is 0 Å². The fourth-order valence-electron chi connectivity index (χ4n) is 4.98. The Morgan fingerprint density at radius 3 is 2.49 bits per heavy atom. The number of carbonyl (C=O) groups is 1. The van der Waals surface area contributed by atoms with E-state index < -0.39 is 23.5 Å². The summed E-state index contributed by atoms with van der Waals surface area (Å²) in [4.78, 5) is 19.1. The number of pyridine rings is 1. The summed E-state index contributed by atoms with van der Waals surface area (Å²) in [6, 6.07) is 13.6. The Kier molecular flexibility index (Phi) is 10.1. The van der Waals surface area contributed by atoms with E-state index in [4.69, 9.17) is 14.2 Å². The maximum atomic E-state index is 15.0. The van der Waals surface area contributed by atoms with Crippen LogP contribution in [0, 0.1) is 5.82 Å². The van der Waals surface area contributed by atoms with Crippen LogP contribution in [0.3, 0.4) is 0 Å². The van der Waals surface area contributed by atoms with E-state index in [1.54, 1.807) is 37.6 Å². The van der Waals surface area contributed by atoms with Crippen molar-refractivity contribution in [2.24, 2.45) is 5.10 Å². The monoisotopic (exact) mass is 624 g/mol. The van der Waals surface area contributed by atoms with E-state index in [0.29, 0.717) is 45.9 Å². The molecule has 0 spiro atoms. The molecule has 1 saturated heterocycles. The summed E-state index contributed by atoms with van der Waals surface area (Å²) in [7, 11) is 1.55. The third kappa shape index (κ3) is 8.48. The Hall–Kier alpha value is -4.71. The van der Waals surface area contributed by atoms with Gasteiger partial charge in [-0.3, -0.25) is 9.78 Å². The number of hydrogen-bond acceptors (Lipinski definition) is 7. The fraction of sp³-hybridized carbons (Fsp3) is 0.303. The Labute approximate surface area is 257 Å². The van der Waals surface area contributed by atoms with Gasteiger partial charge in [0.15, 0.2) is 23.1 Å². The Bertz CT molecular complexity index is 1660. The zero-order chi connectivity index (χ0) is 31.8. The number of rotatable bonds is 12. The number of benzene rings is 3. The zero-order valence-corrected chi connectivity index (χ0v) is 24.6. The molecule has 1 N–H and O–H groups in total. The summed E-state index contributed by atoms with van der Waals surface area (Å²) >= 11 is 0. The van der Waals surface area contributed by atoms with Crippen molar-refractivity contribution in [1.82, 2.24) is 15.3 Å². The molecule has 5 rings (SSSR count). The normalized spacial score (nSPS) is 13.8. The lowest BCUT2D eigenvalue weighted by molar-refractivity contribution is -0.137. The minimum atomic E-state index is -4.44. The molecule has 1 amide bonds. The molecule has 2 heterocycles. The van der Waals surface area contributed by atoms with Crippen LogP contribution < -0.4 is 19.6 Å². The molecule has 3 aromatic carbocycles. The van der Waals surface area contributed by atoms with Crippen LogP contribution in [0.2, 0.25) is 0 Å². The zero-order valence-electron chi connectivity index (χ0n) is 24.6. The van der Waals surface area contributed by atoms with Crippen LogP contribution in [-0.2, 0) is 17.4 Å². The third-order valence-electron chi connectivity index (χ3n) is 7.28. The van der Waals surface area contributed by atoms with Crippen molar-refractivity contribution < 1.29 is 36.6 Å². The summed E-state index contributed by atoms with van der Waals surface area (Å²) in [5.74, 6) is 0.169. The highest BCUT2D eigenvalue weighted by molar-refractivity contribution is 5.88. The van der Waals surface area contributed by atoms with Gasteiger partial charge in [0.2, 0.25) is 5.91 Å². The Balaban J connectivity index is 1.19. The smallest absolute Gasteiger partial charge is 0.416 e. The number of fused-ring (bicyclic) bond motifs is 1. The molecule has 1 aliphatic heterocycles. The average Bonchev–Trinajstić information content (AvgIpc) is 3.54. The molecule has 0 aliphatic carbocycles. The average molecular weight is 625 g/mol. The number of ether oxygens (including phenoxy) is 3. The molecule has 4 aromatic rings. The summed E-state index contributed by atoms with van der Waals surface area (Å²) in [6.45, 7) is 3.80. The van der Waals surface area contributed by atoms with Crippen molar-refractivity contribution >= 4 is 23.0 Å². The minimum Gasteiger partial charge on any atom is -0.493 e. The topological polar surface area (TPSA) is 85.3 Å². The van der Waals surface area contributed by atoms with Crippen LogP contribution in [-0.4, -0.2) is 55.4 Å². The van der Waals surface area contributed by atoms with E-state index >= 15 is 4.39 Å². The van der Waals surface area contributed by atoms with Crippen LogP contribution in [0.5, 0.6) is 23.0 Å². The molecule has 1 aromatic heterocycles. The van der Waals surface area contributed by atoms with Crippen LogP contribution in [0.15, 0.2) is 72.0 Å². The maximum Gasteiger partial charge on any atom is 0.416 e. The second-order valence-corrected chi connectivity index (χ2v) is 10.5. The second kappa shape index (κ2) is 14.4. The predicted octanol–water partition coefficient (Wildman–Crippen LogP) is 6.75. The minimum absolute atomic E-state index is 0.0480. The number of hydrazone groups is 1. The fourth-order valence-corrected chi connectivity index (χ4v) is 4.98. The van der Waals surface area contributed by atoms with Gasteiger partial charge in [0.25, 0.3) is 0 Å². The SMILES string of the molecule is COc1cc2c(Oc3ccc(CC(=O)NN=Cc4ccc(C(F)(F)F)cc4)cc3F)ccnc2cc1OCCCN1CCCC1. The van der Waals surface area contributed by atoms with Crippen molar-refractivity contribution in [2.45, 2.75) is 31.9 Å². The van der Waals surface area contributed by atoms with Gasteiger partial charge < -0.3 is 19.1 Å². The van der Waals surface area contributed by atoms with Gasteiger partial charge in [-0.15, -0.1) is 0 Å². The summed E-state index contributed by atoms with van der Waals surface area (Å²) in [5.41, 5.74) is 2.83. The molecule has 0 bridgehead atoms. The highest BCUT2D eigenvalue weighted by Crippen LogP contribution is 2.38. The lowest BCUT2D eigenvalue weighted by Gasteiger charge is -2.16. The van der Waals surface area contributed by atoms with Crippen molar-refractivity contribution in [2.75, 3.05) is 33.4 Å². The van der Waals surface area contributed by atoms with Gasteiger partial charge in [-0.05, 0) is 79.9 Å². The van der Waals surface area contributed by atoms with Crippen LogP contribution in [0.4, 0.5) is 17.6 Å². The van der Waals surface area contributed by atoms with E-state index in [0.717, 1.165) is 38.2 Å². The number of nitrogens with one attached hydrogen (secondary N) is 1. The number of halogens is 4. The first kappa shape index (κ1) is 31.7. The first-order valence-corrected chi connectivity index (χ1v) is 14.5. The van der Waals surface area contributed by atoms with Gasteiger partial charge in [-0.2, -0.15) is 18.3 Å². The predicted molar refractivity (Wildman–Crippen MR) is 161 cm³/mol. The molecular formula is C33H32F4N4O4. The van der Waals surface area contributed by atoms with Gasteiger partial charge in [0.1, 0.15) is 5.75 Å². The molecule has 1 fully saturated rings. The van der Waals surface area contributed by atoms with E-state index in [2.05, 4.69) is 20.4 Å². The van der Waals surface area contributed by atoms with Gasteiger partial charge in [-0.1, -0.05) is 18.2 Å². The van der Waals surface area contributed by atoms with Gasteiger partial charge >= 0.3 is 6.18 Å². The maximum absolute atomic E-state index is 15.0. The largest absolute Gasteiger partial charge is 0.493 e.